The third-order valence-corrected chi connectivity index (χ3v) is 3.82. The number of nitrogens with zero attached hydrogens (tertiary/aromatic N) is 3. The van der Waals surface area contributed by atoms with Crippen LogP contribution in [0.2, 0.25) is 0 Å². The number of anilines is 1. The molecule has 2 rings (SSSR count). The molecule has 0 atom stereocenters. The molecule has 5 nitrogen and oxygen atoms in total. The SMILES string of the molecule is CCc1cc(C(=O)O)cc(N(C)CCN2CCCC2)n1. The summed E-state index contributed by atoms with van der Waals surface area (Å²) in [7, 11) is 1.98. The highest BCUT2D eigenvalue weighted by Crippen LogP contribution is 2.15. The molecule has 0 amide bonds. The van der Waals surface area contributed by atoms with Gasteiger partial charge in [-0.2, -0.15) is 0 Å². The van der Waals surface area contributed by atoms with Crippen LogP contribution in [0.5, 0.6) is 0 Å². The highest BCUT2D eigenvalue weighted by molar-refractivity contribution is 5.88. The number of rotatable bonds is 6. The predicted octanol–water partition coefficient (Wildman–Crippen LogP) is 1.87. The summed E-state index contributed by atoms with van der Waals surface area (Å²) in [6, 6.07) is 3.31. The van der Waals surface area contributed by atoms with Crippen molar-refractivity contribution in [2.45, 2.75) is 26.2 Å². The second kappa shape index (κ2) is 6.70. The lowest BCUT2D eigenvalue weighted by Crippen LogP contribution is -2.32. The minimum absolute atomic E-state index is 0.319. The van der Waals surface area contributed by atoms with Crippen molar-refractivity contribution in [1.29, 1.82) is 0 Å². The van der Waals surface area contributed by atoms with Crippen LogP contribution in [0.25, 0.3) is 0 Å². The molecule has 1 aromatic heterocycles. The first-order valence-corrected chi connectivity index (χ1v) is 7.28. The number of pyridine rings is 1. The maximum Gasteiger partial charge on any atom is 0.335 e. The maximum absolute atomic E-state index is 11.2. The van der Waals surface area contributed by atoms with Crippen LogP contribution >= 0.6 is 0 Å². The lowest BCUT2D eigenvalue weighted by molar-refractivity contribution is 0.0696. The molecule has 2 heterocycles. The lowest BCUT2D eigenvalue weighted by atomic mass is 10.2. The summed E-state index contributed by atoms with van der Waals surface area (Å²) in [5, 5.41) is 9.16. The summed E-state index contributed by atoms with van der Waals surface area (Å²) in [4.78, 5) is 20.2. The molecule has 0 radical (unpaired) electrons. The standard InChI is InChI=1S/C15H23N3O2/c1-3-13-10-12(15(19)20)11-14(16-13)17(2)8-9-18-6-4-5-7-18/h10-11H,3-9H2,1-2H3,(H,19,20). The fourth-order valence-electron chi connectivity index (χ4n) is 2.48. The van der Waals surface area contributed by atoms with E-state index in [1.54, 1.807) is 12.1 Å². The van der Waals surface area contributed by atoms with Gasteiger partial charge in [-0.15, -0.1) is 0 Å². The van der Waals surface area contributed by atoms with Gasteiger partial charge in [0.15, 0.2) is 0 Å². The van der Waals surface area contributed by atoms with Gasteiger partial charge in [0.2, 0.25) is 0 Å². The van der Waals surface area contributed by atoms with Crippen LogP contribution in [0.1, 0.15) is 35.8 Å². The zero-order valence-corrected chi connectivity index (χ0v) is 12.3. The number of carboxylic acid groups (broad SMARTS) is 1. The van der Waals surface area contributed by atoms with Crippen molar-refractivity contribution >= 4 is 11.8 Å². The number of carbonyl (C=O) groups is 1. The van der Waals surface area contributed by atoms with Gasteiger partial charge in [0.1, 0.15) is 5.82 Å². The van der Waals surface area contributed by atoms with Gasteiger partial charge in [-0.1, -0.05) is 6.92 Å². The van der Waals surface area contributed by atoms with Crippen LogP contribution in [0.4, 0.5) is 5.82 Å². The van der Waals surface area contributed by atoms with E-state index in [9.17, 15) is 4.79 Å². The van der Waals surface area contributed by atoms with Crippen LogP contribution in [-0.4, -0.2) is 54.2 Å². The quantitative estimate of drug-likeness (QED) is 0.860. The molecule has 0 unspecified atom stereocenters. The van der Waals surface area contributed by atoms with Gasteiger partial charge < -0.3 is 14.9 Å². The van der Waals surface area contributed by atoms with Gasteiger partial charge in [0.25, 0.3) is 0 Å². The number of hydrogen-bond donors (Lipinski definition) is 1. The molecule has 110 valence electrons. The molecular formula is C15H23N3O2. The normalized spacial score (nSPS) is 15.5. The third kappa shape index (κ3) is 3.70. The Morgan fingerprint density at radius 3 is 2.70 bits per heavy atom. The van der Waals surface area contributed by atoms with E-state index in [0.29, 0.717) is 5.56 Å². The molecule has 1 saturated heterocycles. The number of aromatic carboxylic acids is 1. The molecule has 1 fully saturated rings. The molecule has 0 aliphatic carbocycles. The van der Waals surface area contributed by atoms with E-state index < -0.39 is 5.97 Å². The highest BCUT2D eigenvalue weighted by atomic mass is 16.4. The number of aryl methyl sites for hydroxylation is 1. The Morgan fingerprint density at radius 1 is 1.40 bits per heavy atom. The Bertz CT molecular complexity index is 470. The zero-order valence-electron chi connectivity index (χ0n) is 12.3. The van der Waals surface area contributed by atoms with Crippen LogP contribution < -0.4 is 4.90 Å². The van der Waals surface area contributed by atoms with Gasteiger partial charge in [-0.25, -0.2) is 9.78 Å². The summed E-state index contributed by atoms with van der Waals surface area (Å²) in [5.74, 6) is -0.141. The first kappa shape index (κ1) is 14.8. The smallest absolute Gasteiger partial charge is 0.335 e. The largest absolute Gasteiger partial charge is 0.478 e. The van der Waals surface area contributed by atoms with E-state index in [1.165, 1.54) is 25.9 Å². The average Bonchev–Trinajstić information content (AvgIpc) is 2.97. The molecule has 1 aromatic rings. The molecule has 1 aliphatic rings. The minimum Gasteiger partial charge on any atom is -0.478 e. The van der Waals surface area contributed by atoms with Gasteiger partial charge in [0, 0.05) is 25.8 Å². The van der Waals surface area contributed by atoms with E-state index >= 15 is 0 Å². The first-order valence-electron chi connectivity index (χ1n) is 7.28. The van der Waals surface area contributed by atoms with E-state index in [4.69, 9.17) is 5.11 Å². The van der Waals surface area contributed by atoms with Gasteiger partial charge in [-0.05, 0) is 44.5 Å². The van der Waals surface area contributed by atoms with Gasteiger partial charge >= 0.3 is 5.97 Å². The van der Waals surface area contributed by atoms with Crippen molar-refractivity contribution in [3.05, 3.63) is 23.4 Å². The second-order valence-corrected chi connectivity index (χ2v) is 5.33. The monoisotopic (exact) mass is 277 g/mol. The van der Waals surface area contributed by atoms with Crippen molar-refractivity contribution < 1.29 is 9.90 Å². The van der Waals surface area contributed by atoms with Crippen molar-refractivity contribution in [2.75, 3.05) is 38.1 Å². The number of hydrogen-bond acceptors (Lipinski definition) is 4. The topological polar surface area (TPSA) is 56.7 Å². The summed E-state index contributed by atoms with van der Waals surface area (Å²) < 4.78 is 0. The van der Waals surface area contributed by atoms with E-state index in [2.05, 4.69) is 9.88 Å². The summed E-state index contributed by atoms with van der Waals surface area (Å²) >= 11 is 0. The molecule has 0 saturated carbocycles. The predicted molar refractivity (Wildman–Crippen MR) is 79.5 cm³/mol. The number of likely N-dealkylation sites (tertiary alicyclic amines) is 1. The maximum atomic E-state index is 11.2. The minimum atomic E-state index is -0.892. The van der Waals surface area contributed by atoms with Crippen molar-refractivity contribution in [2.24, 2.45) is 0 Å². The van der Waals surface area contributed by atoms with Crippen LogP contribution in [0, 0.1) is 0 Å². The third-order valence-electron chi connectivity index (χ3n) is 3.82. The van der Waals surface area contributed by atoms with Crippen molar-refractivity contribution in [1.82, 2.24) is 9.88 Å². The Morgan fingerprint density at radius 2 is 2.10 bits per heavy atom. The van der Waals surface area contributed by atoms with Gasteiger partial charge in [0.05, 0.1) is 5.56 Å². The van der Waals surface area contributed by atoms with Crippen molar-refractivity contribution in [3.8, 4) is 0 Å². The van der Waals surface area contributed by atoms with Crippen molar-refractivity contribution in [3.63, 3.8) is 0 Å². The van der Waals surface area contributed by atoms with Crippen LogP contribution in [0.15, 0.2) is 12.1 Å². The molecule has 0 bridgehead atoms. The molecular weight excluding hydrogens is 254 g/mol. The Kier molecular flexibility index (Phi) is 4.95. The number of likely N-dealkylation sites (N-methyl/N-ethyl adjacent to an activating group) is 1. The van der Waals surface area contributed by atoms with E-state index in [0.717, 1.165) is 31.0 Å². The molecule has 20 heavy (non-hydrogen) atoms. The van der Waals surface area contributed by atoms with E-state index in [1.807, 2.05) is 18.9 Å². The summed E-state index contributed by atoms with van der Waals surface area (Å²) in [6.07, 6.45) is 3.32. The highest BCUT2D eigenvalue weighted by Gasteiger charge is 2.14. The fraction of sp³-hybridized carbons (Fsp3) is 0.600. The molecule has 1 aliphatic heterocycles. The number of carboxylic acids is 1. The Labute approximate surface area is 120 Å². The van der Waals surface area contributed by atoms with E-state index in [-0.39, 0.29) is 0 Å². The zero-order chi connectivity index (χ0) is 14.5. The van der Waals surface area contributed by atoms with Crippen LogP contribution in [0.3, 0.4) is 0 Å². The van der Waals surface area contributed by atoms with Gasteiger partial charge in [-0.3, -0.25) is 0 Å². The Hall–Kier alpha value is -1.62. The Balaban J connectivity index is 2.05. The second-order valence-electron chi connectivity index (χ2n) is 5.33. The molecule has 0 aromatic carbocycles. The fourth-order valence-corrected chi connectivity index (χ4v) is 2.48. The summed E-state index contributed by atoms with van der Waals surface area (Å²) in [6.45, 7) is 6.23. The molecule has 0 spiro atoms. The lowest BCUT2D eigenvalue weighted by Gasteiger charge is -2.23. The molecule has 1 N–H and O–H groups in total. The average molecular weight is 277 g/mol. The summed E-state index contributed by atoms with van der Waals surface area (Å²) in [5.41, 5.74) is 1.15. The number of aromatic nitrogens is 1. The molecule has 5 heteroatoms. The first-order chi connectivity index (χ1) is 9.60. The van der Waals surface area contributed by atoms with Crippen LogP contribution in [-0.2, 0) is 6.42 Å².